The van der Waals surface area contributed by atoms with Gasteiger partial charge in [-0.15, -0.1) is 0 Å². The molecule has 3 heterocycles. The number of pyridine rings is 3. The van der Waals surface area contributed by atoms with Crippen molar-refractivity contribution in [2.45, 2.75) is 20.0 Å². The van der Waals surface area contributed by atoms with Crippen LogP contribution in [0.15, 0.2) is 65.4 Å². The van der Waals surface area contributed by atoms with E-state index in [0.29, 0.717) is 22.6 Å². The zero-order valence-electron chi connectivity index (χ0n) is 16.7. The van der Waals surface area contributed by atoms with E-state index in [-0.39, 0.29) is 24.7 Å². The van der Waals surface area contributed by atoms with E-state index in [0.717, 1.165) is 15.4 Å². The zero-order chi connectivity index (χ0) is 22.0. The number of aromatic nitrogens is 3. The van der Waals surface area contributed by atoms with Crippen molar-refractivity contribution in [2.75, 3.05) is 5.73 Å². The molecule has 0 atom stereocenters. The number of rotatable bonds is 5. The molecule has 4 rings (SSSR count). The highest BCUT2D eigenvalue weighted by Gasteiger charge is 2.20. The van der Waals surface area contributed by atoms with E-state index in [1.165, 1.54) is 23.2 Å². The Bertz CT molecular complexity index is 1260. The lowest BCUT2D eigenvalue weighted by Gasteiger charge is -2.22. The number of nitrogens with two attached hydrogens (primary N) is 1. The Hall–Kier alpha value is -3.39. The molecule has 0 radical (unpaired) electrons. The molecule has 0 saturated heterocycles. The molecule has 3 aromatic heterocycles. The summed E-state index contributed by atoms with van der Waals surface area (Å²) in [4.78, 5) is 27.8. The van der Waals surface area contributed by atoms with E-state index in [9.17, 15) is 9.18 Å². The number of nitrogen functional groups attached to an aromatic ring is 1. The quantitative estimate of drug-likeness (QED) is 0.449. The molecular weight excluding hydrogens is 461 g/mol. The summed E-state index contributed by atoms with van der Waals surface area (Å²) in [6.45, 7) is 2.09. The van der Waals surface area contributed by atoms with E-state index in [1.807, 2.05) is 25.1 Å². The maximum absolute atomic E-state index is 14.3. The Labute approximate surface area is 187 Å². The van der Waals surface area contributed by atoms with Crippen LogP contribution in [0, 0.1) is 12.7 Å². The first kappa shape index (κ1) is 20.9. The minimum Gasteiger partial charge on any atom is -0.383 e. The Morgan fingerprint density at radius 2 is 1.97 bits per heavy atom. The van der Waals surface area contributed by atoms with Crippen LogP contribution in [-0.4, -0.2) is 25.8 Å². The first-order valence-corrected chi connectivity index (χ1v) is 10.4. The van der Waals surface area contributed by atoms with Crippen molar-refractivity contribution in [3.05, 3.63) is 93.7 Å². The van der Waals surface area contributed by atoms with Gasteiger partial charge in [0.25, 0.3) is 5.91 Å². The van der Waals surface area contributed by atoms with Crippen LogP contribution in [0.2, 0.25) is 0 Å². The number of fused-ring (bicyclic) bond motifs is 1. The third-order valence-electron chi connectivity index (χ3n) is 4.90. The van der Waals surface area contributed by atoms with Gasteiger partial charge in [-0.1, -0.05) is 0 Å². The molecule has 2 N–H and O–H groups in total. The van der Waals surface area contributed by atoms with Gasteiger partial charge in [0.2, 0.25) is 0 Å². The molecular formula is C23H19BrFN5O. The summed E-state index contributed by atoms with van der Waals surface area (Å²) in [5.74, 6) is -0.260. The van der Waals surface area contributed by atoms with E-state index in [1.54, 1.807) is 24.4 Å². The van der Waals surface area contributed by atoms with Crippen molar-refractivity contribution in [1.29, 1.82) is 0 Å². The first-order chi connectivity index (χ1) is 14.9. The molecule has 6 nitrogen and oxygen atoms in total. The van der Waals surface area contributed by atoms with Crippen LogP contribution >= 0.6 is 15.9 Å². The summed E-state index contributed by atoms with van der Waals surface area (Å²) in [6.07, 6.45) is 3.17. The van der Waals surface area contributed by atoms with E-state index in [2.05, 4.69) is 30.9 Å². The second-order valence-corrected chi connectivity index (χ2v) is 8.07. The molecule has 0 fully saturated rings. The number of carbonyl (C=O) groups is 1. The molecule has 1 aromatic carbocycles. The van der Waals surface area contributed by atoms with Crippen molar-refractivity contribution < 1.29 is 9.18 Å². The lowest BCUT2D eigenvalue weighted by atomic mass is 10.1. The van der Waals surface area contributed by atoms with Crippen LogP contribution in [0.5, 0.6) is 0 Å². The fraction of sp³-hybridized carbons (Fsp3) is 0.130. The fourth-order valence-corrected chi connectivity index (χ4v) is 3.46. The normalized spacial score (nSPS) is 10.9. The van der Waals surface area contributed by atoms with Gasteiger partial charge < -0.3 is 10.6 Å². The number of nitrogens with zero attached hydrogens (tertiary/aromatic N) is 4. The molecule has 0 unspecified atom stereocenters. The molecule has 0 saturated carbocycles. The maximum Gasteiger partial charge on any atom is 0.254 e. The van der Waals surface area contributed by atoms with Gasteiger partial charge in [0, 0.05) is 27.8 Å². The highest BCUT2D eigenvalue weighted by molar-refractivity contribution is 9.10. The molecule has 8 heteroatoms. The number of aryl methyl sites for hydroxylation is 1. The van der Waals surface area contributed by atoms with Gasteiger partial charge in [0.1, 0.15) is 11.6 Å². The summed E-state index contributed by atoms with van der Waals surface area (Å²) >= 11 is 3.36. The lowest BCUT2D eigenvalue weighted by Crippen LogP contribution is -2.31. The number of halogens is 2. The van der Waals surface area contributed by atoms with Crippen LogP contribution < -0.4 is 5.73 Å². The molecule has 0 bridgehead atoms. The number of amides is 1. The molecule has 1 amide bonds. The summed E-state index contributed by atoms with van der Waals surface area (Å²) in [7, 11) is 0. The Kier molecular flexibility index (Phi) is 5.90. The summed E-state index contributed by atoms with van der Waals surface area (Å²) in [5.41, 5.74) is 8.77. The third kappa shape index (κ3) is 4.69. The number of hydrogen-bond donors (Lipinski definition) is 1. The number of hydrogen-bond acceptors (Lipinski definition) is 5. The van der Waals surface area contributed by atoms with Crippen molar-refractivity contribution in [1.82, 2.24) is 19.9 Å². The Balaban J connectivity index is 1.70. The van der Waals surface area contributed by atoms with Gasteiger partial charge in [0.05, 0.1) is 30.0 Å². The van der Waals surface area contributed by atoms with Gasteiger partial charge in [-0.05, 0) is 76.9 Å². The largest absolute Gasteiger partial charge is 0.383 e. The molecule has 31 heavy (non-hydrogen) atoms. The first-order valence-electron chi connectivity index (χ1n) is 9.56. The van der Waals surface area contributed by atoms with Crippen molar-refractivity contribution >= 4 is 38.6 Å². The van der Waals surface area contributed by atoms with Crippen molar-refractivity contribution in [3.8, 4) is 0 Å². The second kappa shape index (κ2) is 8.77. The molecule has 0 aliphatic carbocycles. The van der Waals surface area contributed by atoms with Crippen LogP contribution in [0.3, 0.4) is 0 Å². The maximum atomic E-state index is 14.3. The van der Waals surface area contributed by atoms with Crippen molar-refractivity contribution in [3.63, 3.8) is 0 Å². The van der Waals surface area contributed by atoms with Crippen LogP contribution in [-0.2, 0) is 13.1 Å². The highest BCUT2D eigenvalue weighted by Crippen LogP contribution is 2.21. The van der Waals surface area contributed by atoms with Crippen LogP contribution in [0.25, 0.3) is 10.9 Å². The predicted molar refractivity (Wildman–Crippen MR) is 121 cm³/mol. The molecule has 0 spiro atoms. The lowest BCUT2D eigenvalue weighted by molar-refractivity contribution is 0.0724. The zero-order valence-corrected chi connectivity index (χ0v) is 18.3. The Morgan fingerprint density at radius 1 is 1.13 bits per heavy atom. The average Bonchev–Trinajstić information content (AvgIpc) is 2.76. The fourth-order valence-electron chi connectivity index (χ4n) is 3.22. The minimum absolute atomic E-state index is 0.0142. The van der Waals surface area contributed by atoms with Crippen LogP contribution in [0.1, 0.15) is 27.3 Å². The topological polar surface area (TPSA) is 85.0 Å². The number of anilines is 1. The molecule has 0 aliphatic heterocycles. The molecule has 0 aliphatic rings. The van der Waals surface area contributed by atoms with E-state index >= 15 is 0 Å². The summed E-state index contributed by atoms with van der Waals surface area (Å²) in [5, 5.41) is 0.809. The SMILES string of the molecule is Cc1cc2cc(C(=O)N(Cc3ccc(Br)cn3)Cc3ncccc3F)ccc2nc1N. The summed E-state index contributed by atoms with van der Waals surface area (Å²) < 4.78 is 15.1. The minimum atomic E-state index is -0.460. The van der Waals surface area contributed by atoms with Gasteiger partial charge in [-0.3, -0.25) is 14.8 Å². The van der Waals surface area contributed by atoms with Crippen LogP contribution in [0.4, 0.5) is 10.2 Å². The molecule has 4 aromatic rings. The monoisotopic (exact) mass is 479 g/mol. The second-order valence-electron chi connectivity index (χ2n) is 7.16. The average molecular weight is 480 g/mol. The predicted octanol–water partition coefficient (Wildman–Crippen LogP) is 4.66. The number of carbonyl (C=O) groups excluding carboxylic acids is 1. The van der Waals surface area contributed by atoms with E-state index < -0.39 is 5.82 Å². The highest BCUT2D eigenvalue weighted by atomic mass is 79.9. The standard InChI is InChI=1S/C23H19BrFN5O/c1-14-9-16-10-15(4-7-20(16)29-22(14)26)23(31)30(12-18-6-5-17(24)11-28-18)13-21-19(25)3-2-8-27-21/h2-11H,12-13H2,1H3,(H2,26,29). The van der Waals surface area contributed by atoms with Gasteiger partial charge in [0.15, 0.2) is 0 Å². The van der Waals surface area contributed by atoms with Crippen molar-refractivity contribution in [2.24, 2.45) is 0 Å². The van der Waals surface area contributed by atoms with E-state index in [4.69, 9.17) is 5.73 Å². The van der Waals surface area contributed by atoms with Gasteiger partial charge in [-0.2, -0.15) is 0 Å². The Morgan fingerprint density at radius 3 is 2.71 bits per heavy atom. The summed E-state index contributed by atoms with van der Waals surface area (Å²) in [6, 6.07) is 13.6. The van der Waals surface area contributed by atoms with Gasteiger partial charge >= 0.3 is 0 Å². The van der Waals surface area contributed by atoms with Gasteiger partial charge in [-0.25, -0.2) is 9.37 Å². The molecule has 156 valence electrons. The number of benzene rings is 1. The smallest absolute Gasteiger partial charge is 0.254 e. The third-order valence-corrected chi connectivity index (χ3v) is 5.36.